The molecular weight excluding hydrogens is 460 g/mol. The van der Waals surface area contributed by atoms with Crippen LogP contribution in [0.5, 0.6) is 5.75 Å². The summed E-state index contributed by atoms with van der Waals surface area (Å²) >= 11 is 0. The van der Waals surface area contributed by atoms with Gasteiger partial charge in [-0.15, -0.1) is 0 Å². The second-order valence-corrected chi connectivity index (χ2v) is 10.8. The summed E-state index contributed by atoms with van der Waals surface area (Å²) in [5.74, 6) is -0.998. The zero-order valence-corrected chi connectivity index (χ0v) is 20.1. The monoisotopic (exact) mass is 487 g/mol. The van der Waals surface area contributed by atoms with Crippen LogP contribution in [0.1, 0.15) is 38.3 Å². The fourth-order valence-corrected chi connectivity index (χ4v) is 4.26. The fraction of sp³-hybridized carbons (Fsp3) is 0.269. The van der Waals surface area contributed by atoms with Crippen molar-refractivity contribution in [3.8, 4) is 5.75 Å². The minimum atomic E-state index is -4.21. The van der Waals surface area contributed by atoms with Crippen molar-refractivity contribution in [1.82, 2.24) is 4.90 Å². The molecule has 180 valence electrons. The molecule has 0 N–H and O–H groups in total. The molecule has 0 aliphatic rings. The summed E-state index contributed by atoms with van der Waals surface area (Å²) in [7, 11) is -4.21. The molecule has 3 rings (SSSR count). The molecule has 0 aliphatic carbocycles. The van der Waals surface area contributed by atoms with E-state index in [0.717, 1.165) is 29.8 Å². The number of para-hydroxylation sites is 1. The Morgan fingerprint density at radius 2 is 1.41 bits per heavy atom. The van der Waals surface area contributed by atoms with Gasteiger partial charge in [0, 0.05) is 25.1 Å². The number of benzene rings is 3. The Morgan fingerprint density at radius 1 is 0.853 bits per heavy atom. The summed E-state index contributed by atoms with van der Waals surface area (Å²) in [5.41, 5.74) is 0.957. The molecule has 0 bridgehead atoms. The van der Waals surface area contributed by atoms with Crippen LogP contribution in [0.3, 0.4) is 0 Å². The van der Waals surface area contributed by atoms with Crippen LogP contribution >= 0.6 is 0 Å². The van der Waals surface area contributed by atoms with E-state index >= 15 is 0 Å². The van der Waals surface area contributed by atoms with Gasteiger partial charge in [0.15, 0.2) is 0 Å². The fourth-order valence-electron chi connectivity index (χ4n) is 3.30. The normalized spacial score (nSPS) is 11.8. The maximum atomic E-state index is 13.3. The molecule has 3 aromatic rings. The lowest BCUT2D eigenvalue weighted by molar-refractivity contribution is -0.134. The summed E-state index contributed by atoms with van der Waals surface area (Å²) in [4.78, 5) is 14.5. The van der Waals surface area contributed by atoms with Crippen molar-refractivity contribution in [1.29, 1.82) is 0 Å². The number of hydrogen-bond acceptors (Lipinski definition) is 4. The molecule has 8 heteroatoms. The molecule has 3 aromatic carbocycles. The number of nitrogens with zero attached hydrogens (tertiary/aromatic N) is 1. The maximum Gasteiger partial charge on any atom is 0.339 e. The lowest BCUT2D eigenvalue weighted by atomic mass is 9.91. The van der Waals surface area contributed by atoms with E-state index in [-0.39, 0.29) is 47.3 Å². The average Bonchev–Trinajstić information content (AvgIpc) is 2.75. The SMILES string of the molecule is CC(C)(C)CC(=O)N(Cc1ccc(F)cc1)Cc1ccccc1OS(=O)(=O)c1ccc(F)cc1. The molecule has 0 aliphatic heterocycles. The molecule has 0 saturated carbocycles. The van der Waals surface area contributed by atoms with E-state index in [9.17, 15) is 22.0 Å². The van der Waals surface area contributed by atoms with Crippen LogP contribution in [0, 0.1) is 17.0 Å². The van der Waals surface area contributed by atoms with Crippen molar-refractivity contribution >= 4 is 16.0 Å². The van der Waals surface area contributed by atoms with Gasteiger partial charge in [0.25, 0.3) is 0 Å². The Balaban J connectivity index is 1.89. The third-order valence-corrected chi connectivity index (χ3v) is 6.21. The van der Waals surface area contributed by atoms with Gasteiger partial charge in [0.2, 0.25) is 5.91 Å². The Hall–Kier alpha value is -3.26. The molecule has 0 radical (unpaired) electrons. The van der Waals surface area contributed by atoms with Gasteiger partial charge in [0.1, 0.15) is 22.3 Å². The molecule has 0 atom stereocenters. The number of rotatable bonds is 8. The van der Waals surface area contributed by atoms with Gasteiger partial charge in [-0.3, -0.25) is 4.79 Å². The zero-order valence-electron chi connectivity index (χ0n) is 19.3. The highest BCUT2D eigenvalue weighted by Gasteiger charge is 2.24. The van der Waals surface area contributed by atoms with Crippen LogP contribution in [-0.4, -0.2) is 19.2 Å². The Kier molecular flexibility index (Phi) is 7.71. The van der Waals surface area contributed by atoms with Crippen LogP contribution in [-0.2, 0) is 28.0 Å². The maximum absolute atomic E-state index is 13.3. The molecule has 0 heterocycles. The third kappa shape index (κ3) is 7.12. The van der Waals surface area contributed by atoms with Gasteiger partial charge in [-0.1, -0.05) is 51.1 Å². The van der Waals surface area contributed by atoms with Gasteiger partial charge in [-0.25, -0.2) is 8.78 Å². The highest BCUT2D eigenvalue weighted by Crippen LogP contribution is 2.27. The second-order valence-electron chi connectivity index (χ2n) is 9.21. The van der Waals surface area contributed by atoms with E-state index in [0.29, 0.717) is 5.56 Å². The molecule has 0 unspecified atom stereocenters. The molecular formula is C26H27F2NO4S. The van der Waals surface area contributed by atoms with Crippen LogP contribution in [0.15, 0.2) is 77.7 Å². The predicted octanol–water partition coefficient (Wildman–Crippen LogP) is 5.70. The molecule has 1 amide bonds. The van der Waals surface area contributed by atoms with Crippen LogP contribution in [0.4, 0.5) is 8.78 Å². The Morgan fingerprint density at radius 3 is 2.00 bits per heavy atom. The van der Waals surface area contributed by atoms with Gasteiger partial charge < -0.3 is 9.08 Å². The van der Waals surface area contributed by atoms with Gasteiger partial charge in [-0.05, 0) is 53.4 Å². The molecule has 0 saturated heterocycles. The number of carbonyl (C=O) groups is 1. The first-order chi connectivity index (χ1) is 15.9. The Labute approximate surface area is 199 Å². The van der Waals surface area contributed by atoms with E-state index < -0.39 is 15.9 Å². The number of amides is 1. The van der Waals surface area contributed by atoms with E-state index in [4.69, 9.17) is 4.18 Å². The first-order valence-electron chi connectivity index (χ1n) is 10.7. The number of carbonyl (C=O) groups excluding carboxylic acids is 1. The van der Waals surface area contributed by atoms with Gasteiger partial charge in [0.05, 0.1) is 0 Å². The third-order valence-electron chi connectivity index (χ3n) is 4.96. The van der Waals surface area contributed by atoms with Crippen molar-refractivity contribution < 1.29 is 26.2 Å². The smallest absolute Gasteiger partial charge is 0.339 e. The first kappa shape index (κ1) is 25.4. The molecule has 0 fully saturated rings. The van der Waals surface area contributed by atoms with Crippen molar-refractivity contribution in [2.45, 2.75) is 45.2 Å². The van der Waals surface area contributed by atoms with Crippen molar-refractivity contribution in [2.24, 2.45) is 5.41 Å². The minimum absolute atomic E-state index is 0.0690. The van der Waals surface area contributed by atoms with Gasteiger partial charge >= 0.3 is 10.1 Å². The molecule has 5 nitrogen and oxygen atoms in total. The Bertz CT molecular complexity index is 1240. The molecule has 34 heavy (non-hydrogen) atoms. The molecule has 0 spiro atoms. The molecule has 0 aromatic heterocycles. The van der Waals surface area contributed by atoms with E-state index in [1.807, 2.05) is 20.8 Å². The summed E-state index contributed by atoms with van der Waals surface area (Å²) in [6.07, 6.45) is 0.269. The number of halogens is 2. The summed E-state index contributed by atoms with van der Waals surface area (Å²) in [5, 5.41) is 0. The lowest BCUT2D eigenvalue weighted by Gasteiger charge is -2.27. The van der Waals surface area contributed by atoms with Crippen molar-refractivity contribution in [3.05, 3.63) is 95.6 Å². The largest absolute Gasteiger partial charge is 0.379 e. The lowest BCUT2D eigenvalue weighted by Crippen LogP contribution is -2.33. The van der Waals surface area contributed by atoms with Crippen LogP contribution in [0.2, 0.25) is 0 Å². The van der Waals surface area contributed by atoms with E-state index in [1.54, 1.807) is 35.2 Å². The standard InChI is InChI=1S/C26H27F2NO4S/c1-26(2,3)16-25(30)29(17-19-8-10-21(27)11-9-19)18-20-6-4-5-7-24(20)33-34(31,32)23-14-12-22(28)13-15-23/h4-15H,16-18H2,1-3H3. The second kappa shape index (κ2) is 10.3. The van der Waals surface area contributed by atoms with Crippen molar-refractivity contribution in [2.75, 3.05) is 0 Å². The summed E-state index contributed by atoms with van der Waals surface area (Å²) in [6.45, 7) is 6.16. The van der Waals surface area contributed by atoms with E-state index in [2.05, 4.69) is 0 Å². The van der Waals surface area contributed by atoms with Crippen molar-refractivity contribution in [3.63, 3.8) is 0 Å². The highest BCUT2D eigenvalue weighted by atomic mass is 32.2. The van der Waals surface area contributed by atoms with Crippen LogP contribution < -0.4 is 4.18 Å². The van der Waals surface area contributed by atoms with Crippen LogP contribution in [0.25, 0.3) is 0 Å². The minimum Gasteiger partial charge on any atom is -0.379 e. The number of hydrogen-bond donors (Lipinski definition) is 0. The average molecular weight is 488 g/mol. The highest BCUT2D eigenvalue weighted by molar-refractivity contribution is 7.87. The predicted molar refractivity (Wildman–Crippen MR) is 125 cm³/mol. The zero-order chi connectivity index (χ0) is 24.9. The quantitative estimate of drug-likeness (QED) is 0.383. The summed E-state index contributed by atoms with van der Waals surface area (Å²) < 4.78 is 57.4. The van der Waals surface area contributed by atoms with Gasteiger partial charge in [-0.2, -0.15) is 8.42 Å². The van der Waals surface area contributed by atoms with E-state index in [1.165, 1.54) is 18.2 Å². The topological polar surface area (TPSA) is 63.7 Å². The summed E-state index contributed by atoms with van der Waals surface area (Å²) in [6, 6.07) is 16.7. The first-order valence-corrected chi connectivity index (χ1v) is 12.1.